The van der Waals surface area contributed by atoms with Gasteiger partial charge in [-0.15, -0.1) is 0 Å². The van der Waals surface area contributed by atoms with E-state index < -0.39 is 11.6 Å². The van der Waals surface area contributed by atoms with Crippen LogP contribution in [0.15, 0.2) is 18.2 Å². The van der Waals surface area contributed by atoms with Crippen molar-refractivity contribution >= 4 is 23.5 Å². The van der Waals surface area contributed by atoms with Crippen LogP contribution in [0.5, 0.6) is 0 Å². The lowest BCUT2D eigenvalue weighted by Crippen LogP contribution is -2.40. The van der Waals surface area contributed by atoms with Gasteiger partial charge in [-0.05, 0) is 24.1 Å². The van der Waals surface area contributed by atoms with Crippen LogP contribution in [0.2, 0.25) is 0 Å². The largest absolute Gasteiger partial charge is 0.322 e. The molecule has 2 heterocycles. The molecule has 0 aromatic heterocycles. The number of imide groups is 1. The predicted molar refractivity (Wildman–Crippen MR) is 67.6 cm³/mol. The molecule has 19 heavy (non-hydrogen) atoms. The highest BCUT2D eigenvalue weighted by molar-refractivity contribution is 6.07. The van der Waals surface area contributed by atoms with Crippen molar-refractivity contribution in [3.63, 3.8) is 0 Å². The maximum atomic E-state index is 11.9. The Labute approximate surface area is 109 Å². The number of rotatable bonds is 1. The minimum absolute atomic E-state index is 0.0252. The fraction of sp³-hybridized carbons (Fsp3) is 0.308. The van der Waals surface area contributed by atoms with Gasteiger partial charge < -0.3 is 10.2 Å². The molecule has 1 saturated heterocycles. The summed E-state index contributed by atoms with van der Waals surface area (Å²) in [5.41, 5.74) is 1.33. The zero-order valence-electron chi connectivity index (χ0n) is 10.6. The summed E-state index contributed by atoms with van der Waals surface area (Å²) >= 11 is 0. The molecular weight excluding hydrogens is 246 g/mol. The molecule has 1 unspecified atom stereocenters. The summed E-state index contributed by atoms with van der Waals surface area (Å²) in [6.07, 6.45) is 0.325. The number of amides is 4. The van der Waals surface area contributed by atoms with Gasteiger partial charge in [-0.25, -0.2) is 4.79 Å². The summed E-state index contributed by atoms with van der Waals surface area (Å²) < 4.78 is 0. The molecule has 0 radical (unpaired) electrons. The summed E-state index contributed by atoms with van der Waals surface area (Å²) in [5.74, 6) is -0.354. The van der Waals surface area contributed by atoms with E-state index in [4.69, 9.17) is 0 Å². The van der Waals surface area contributed by atoms with Crippen molar-refractivity contribution in [1.82, 2.24) is 10.6 Å². The van der Waals surface area contributed by atoms with Crippen molar-refractivity contribution in [2.45, 2.75) is 18.9 Å². The maximum absolute atomic E-state index is 11.9. The van der Waals surface area contributed by atoms with Gasteiger partial charge >= 0.3 is 6.03 Å². The highest BCUT2D eigenvalue weighted by Crippen LogP contribution is 2.33. The number of carbonyl (C=O) groups excluding carboxylic acids is 3. The standard InChI is InChI=1S/C13H13N3O3/c1-13(11(18)14-12(19)15-13)8-3-4-9-7(5-8)6-10(17)16(9)2/h3-5H,6H2,1-2H3,(H2,14,15,18,19). The highest BCUT2D eigenvalue weighted by Gasteiger charge is 2.44. The number of hydrogen-bond donors (Lipinski definition) is 2. The predicted octanol–water partition coefficient (Wildman–Crippen LogP) is 0.260. The van der Waals surface area contributed by atoms with E-state index in [2.05, 4.69) is 10.6 Å². The molecule has 1 fully saturated rings. The second-order valence-corrected chi connectivity index (χ2v) is 5.01. The van der Waals surface area contributed by atoms with Crippen LogP contribution < -0.4 is 15.5 Å². The molecule has 0 aliphatic carbocycles. The van der Waals surface area contributed by atoms with Gasteiger partial charge in [0.2, 0.25) is 5.91 Å². The maximum Gasteiger partial charge on any atom is 0.322 e. The van der Waals surface area contributed by atoms with Gasteiger partial charge in [0.1, 0.15) is 5.54 Å². The Morgan fingerprint density at radius 2 is 2.00 bits per heavy atom. The quantitative estimate of drug-likeness (QED) is 0.710. The molecule has 1 aromatic carbocycles. The molecule has 0 saturated carbocycles. The number of anilines is 1. The van der Waals surface area contributed by atoms with E-state index in [0.29, 0.717) is 12.0 Å². The van der Waals surface area contributed by atoms with E-state index in [0.717, 1.165) is 11.3 Å². The van der Waals surface area contributed by atoms with Crippen molar-refractivity contribution in [3.05, 3.63) is 29.3 Å². The molecule has 4 amide bonds. The van der Waals surface area contributed by atoms with Crippen LogP contribution in [0.1, 0.15) is 18.1 Å². The molecular formula is C13H13N3O3. The van der Waals surface area contributed by atoms with Crippen molar-refractivity contribution in [3.8, 4) is 0 Å². The van der Waals surface area contributed by atoms with Crippen molar-refractivity contribution in [2.24, 2.45) is 0 Å². The lowest BCUT2D eigenvalue weighted by molar-refractivity contribution is -0.123. The first-order chi connectivity index (χ1) is 8.91. The molecule has 2 aliphatic heterocycles. The van der Waals surface area contributed by atoms with Gasteiger partial charge in [0, 0.05) is 12.7 Å². The van der Waals surface area contributed by atoms with E-state index in [1.807, 2.05) is 6.07 Å². The van der Waals surface area contributed by atoms with Crippen molar-refractivity contribution in [1.29, 1.82) is 0 Å². The zero-order chi connectivity index (χ0) is 13.8. The van der Waals surface area contributed by atoms with Gasteiger partial charge in [-0.3, -0.25) is 14.9 Å². The number of urea groups is 1. The van der Waals surface area contributed by atoms with E-state index in [-0.39, 0.29) is 11.8 Å². The highest BCUT2D eigenvalue weighted by atomic mass is 16.2. The summed E-state index contributed by atoms with van der Waals surface area (Å²) in [6, 6.07) is 4.88. The molecule has 1 atom stereocenters. The number of likely N-dealkylation sites (N-methyl/N-ethyl adjacent to an activating group) is 1. The molecule has 2 aliphatic rings. The molecule has 1 aromatic rings. The molecule has 0 bridgehead atoms. The van der Waals surface area contributed by atoms with Crippen LogP contribution in [-0.4, -0.2) is 24.9 Å². The average Bonchev–Trinajstić information content (AvgIpc) is 2.78. The number of benzene rings is 1. The first-order valence-corrected chi connectivity index (χ1v) is 5.95. The molecule has 6 heteroatoms. The van der Waals surface area contributed by atoms with Crippen LogP contribution in [0.25, 0.3) is 0 Å². The monoisotopic (exact) mass is 259 g/mol. The molecule has 6 nitrogen and oxygen atoms in total. The van der Waals surface area contributed by atoms with E-state index in [9.17, 15) is 14.4 Å². The van der Waals surface area contributed by atoms with E-state index in [1.165, 1.54) is 0 Å². The Kier molecular flexibility index (Phi) is 2.20. The van der Waals surface area contributed by atoms with E-state index >= 15 is 0 Å². The normalized spacial score (nSPS) is 25.4. The summed E-state index contributed by atoms with van der Waals surface area (Å²) in [5, 5.41) is 4.84. The van der Waals surface area contributed by atoms with Gasteiger partial charge in [0.15, 0.2) is 0 Å². The van der Waals surface area contributed by atoms with Crippen LogP contribution >= 0.6 is 0 Å². The van der Waals surface area contributed by atoms with Crippen LogP contribution in [0.4, 0.5) is 10.5 Å². The fourth-order valence-corrected chi connectivity index (χ4v) is 2.53. The second-order valence-electron chi connectivity index (χ2n) is 5.01. The Morgan fingerprint density at radius 1 is 1.26 bits per heavy atom. The first kappa shape index (κ1) is 11.7. The topological polar surface area (TPSA) is 78.5 Å². The SMILES string of the molecule is CN1C(=O)Cc2cc(C3(C)NC(=O)NC3=O)ccc21. The Hall–Kier alpha value is -2.37. The van der Waals surface area contributed by atoms with Gasteiger partial charge in [0.05, 0.1) is 6.42 Å². The number of hydrogen-bond acceptors (Lipinski definition) is 3. The number of nitrogens with zero attached hydrogens (tertiary/aromatic N) is 1. The molecule has 98 valence electrons. The zero-order valence-corrected chi connectivity index (χ0v) is 10.6. The lowest BCUT2D eigenvalue weighted by atomic mass is 9.90. The van der Waals surface area contributed by atoms with Crippen LogP contribution in [-0.2, 0) is 21.5 Å². The molecule has 3 rings (SSSR count). The van der Waals surface area contributed by atoms with Crippen molar-refractivity contribution < 1.29 is 14.4 Å². The first-order valence-electron chi connectivity index (χ1n) is 5.95. The second kappa shape index (κ2) is 3.57. The van der Waals surface area contributed by atoms with Crippen LogP contribution in [0.3, 0.4) is 0 Å². The van der Waals surface area contributed by atoms with Crippen LogP contribution in [0, 0.1) is 0 Å². The van der Waals surface area contributed by atoms with Crippen molar-refractivity contribution in [2.75, 3.05) is 11.9 Å². The summed E-state index contributed by atoms with van der Waals surface area (Å²) in [7, 11) is 1.72. The Morgan fingerprint density at radius 3 is 2.63 bits per heavy atom. The van der Waals surface area contributed by atoms with Gasteiger partial charge in [-0.1, -0.05) is 12.1 Å². The summed E-state index contributed by atoms with van der Waals surface area (Å²) in [4.78, 5) is 36.4. The molecule has 2 N–H and O–H groups in total. The fourth-order valence-electron chi connectivity index (χ4n) is 2.53. The average molecular weight is 259 g/mol. The van der Waals surface area contributed by atoms with Gasteiger partial charge in [0.25, 0.3) is 5.91 Å². The Balaban J connectivity index is 2.05. The molecule has 0 spiro atoms. The third-order valence-electron chi connectivity index (χ3n) is 3.78. The third-order valence-corrected chi connectivity index (χ3v) is 3.78. The van der Waals surface area contributed by atoms with E-state index in [1.54, 1.807) is 31.0 Å². The minimum Gasteiger partial charge on any atom is -0.320 e. The van der Waals surface area contributed by atoms with Gasteiger partial charge in [-0.2, -0.15) is 0 Å². The number of fused-ring (bicyclic) bond motifs is 1. The summed E-state index contributed by atoms with van der Waals surface area (Å²) in [6.45, 7) is 1.65. The smallest absolute Gasteiger partial charge is 0.320 e. The number of carbonyl (C=O) groups is 3. The third kappa shape index (κ3) is 1.53. The number of nitrogens with one attached hydrogen (secondary N) is 2. The minimum atomic E-state index is -1.07. The Bertz CT molecular complexity index is 626. The lowest BCUT2D eigenvalue weighted by Gasteiger charge is -2.22.